The average Bonchev–Trinajstić information content (AvgIpc) is 2.88. The fourth-order valence-corrected chi connectivity index (χ4v) is 4.00. The van der Waals surface area contributed by atoms with Gasteiger partial charge in [-0.15, -0.1) is 11.8 Å². The van der Waals surface area contributed by atoms with Gasteiger partial charge in [0.05, 0.1) is 5.37 Å². The zero-order valence-electron chi connectivity index (χ0n) is 13.5. The molecule has 1 saturated heterocycles. The van der Waals surface area contributed by atoms with Gasteiger partial charge in [-0.25, -0.2) is 9.59 Å². The van der Waals surface area contributed by atoms with Gasteiger partial charge >= 0.3 is 12.0 Å². The summed E-state index contributed by atoms with van der Waals surface area (Å²) in [6.45, 7) is 9.55. The predicted molar refractivity (Wildman–Crippen MR) is 86.5 cm³/mol. The molecule has 0 aromatic rings. The molecule has 1 N–H and O–H groups in total. The third-order valence-corrected chi connectivity index (χ3v) is 5.37. The molecular weight excluding hydrogens is 288 g/mol. The summed E-state index contributed by atoms with van der Waals surface area (Å²) in [4.78, 5) is 27.6. The number of amides is 2. The fraction of sp³-hybridized carbons (Fsp3) is 0.867. The number of nitrogens with zero attached hydrogens (tertiary/aromatic N) is 2. The summed E-state index contributed by atoms with van der Waals surface area (Å²) in [6, 6.07) is -0.807. The van der Waals surface area contributed by atoms with Crippen LogP contribution < -0.4 is 0 Å². The molecule has 0 bridgehead atoms. The molecule has 1 aliphatic heterocycles. The van der Waals surface area contributed by atoms with Crippen molar-refractivity contribution < 1.29 is 14.7 Å². The summed E-state index contributed by atoms with van der Waals surface area (Å²) in [5.41, 5.74) is 0. The molecule has 0 radical (unpaired) electrons. The highest BCUT2D eigenvalue weighted by atomic mass is 32.2. The number of carboxylic acids is 1. The third kappa shape index (κ3) is 4.53. The lowest BCUT2D eigenvalue weighted by Gasteiger charge is -2.34. The quantitative estimate of drug-likeness (QED) is 0.784. The van der Waals surface area contributed by atoms with E-state index in [4.69, 9.17) is 0 Å². The van der Waals surface area contributed by atoms with E-state index < -0.39 is 12.0 Å². The van der Waals surface area contributed by atoms with Crippen LogP contribution in [-0.4, -0.2) is 57.2 Å². The van der Waals surface area contributed by atoms with Gasteiger partial charge in [-0.3, -0.25) is 4.90 Å². The van der Waals surface area contributed by atoms with Gasteiger partial charge in [0.15, 0.2) is 0 Å². The topological polar surface area (TPSA) is 60.9 Å². The summed E-state index contributed by atoms with van der Waals surface area (Å²) >= 11 is 1.59. The van der Waals surface area contributed by atoms with Crippen molar-refractivity contribution in [3.05, 3.63) is 0 Å². The highest BCUT2D eigenvalue weighted by Gasteiger charge is 2.42. The first-order chi connectivity index (χ1) is 9.96. The molecule has 0 saturated carbocycles. The predicted octanol–water partition coefficient (Wildman–Crippen LogP) is 3.10. The number of thioether (sulfide) groups is 1. The normalized spacial score (nSPS) is 23.1. The van der Waals surface area contributed by atoms with E-state index in [0.29, 0.717) is 24.8 Å². The van der Waals surface area contributed by atoms with Crippen molar-refractivity contribution in [3.63, 3.8) is 0 Å². The Labute approximate surface area is 132 Å². The smallest absolute Gasteiger partial charge is 0.327 e. The maximum atomic E-state index is 12.8. The molecule has 3 atom stereocenters. The molecule has 21 heavy (non-hydrogen) atoms. The molecule has 1 rings (SSSR count). The van der Waals surface area contributed by atoms with Gasteiger partial charge in [0, 0.05) is 18.8 Å². The van der Waals surface area contributed by atoms with Crippen molar-refractivity contribution in [1.82, 2.24) is 9.80 Å². The van der Waals surface area contributed by atoms with Gasteiger partial charge in [0.1, 0.15) is 6.04 Å². The summed E-state index contributed by atoms with van der Waals surface area (Å²) in [6.07, 6.45) is 2.81. The molecular formula is C15H28N2O3S. The SMILES string of the molecule is CCCC1SCC(C(=O)O)N1C(=O)N(CC)CC(C)CC. The summed E-state index contributed by atoms with van der Waals surface area (Å²) in [5.74, 6) is 0.0261. The Kier molecular flexibility index (Phi) is 7.35. The van der Waals surface area contributed by atoms with Crippen molar-refractivity contribution in [2.45, 2.75) is 58.4 Å². The van der Waals surface area contributed by atoms with Gasteiger partial charge in [-0.05, 0) is 19.3 Å². The second kappa shape index (κ2) is 8.51. The molecule has 6 heteroatoms. The second-order valence-electron chi connectivity index (χ2n) is 5.67. The van der Waals surface area contributed by atoms with Crippen LogP contribution in [0.4, 0.5) is 4.79 Å². The number of carbonyl (C=O) groups excluding carboxylic acids is 1. The molecule has 1 aliphatic rings. The van der Waals surface area contributed by atoms with Gasteiger partial charge in [0.25, 0.3) is 0 Å². The standard InChI is InChI=1S/C15H28N2O3S/c1-5-8-13-17(12(10-21-13)14(18)19)15(20)16(7-3)9-11(4)6-2/h11-13H,5-10H2,1-4H3,(H,18,19). The van der Waals surface area contributed by atoms with Crippen LogP contribution in [-0.2, 0) is 4.79 Å². The number of hydrogen-bond donors (Lipinski definition) is 1. The first kappa shape index (κ1) is 18.1. The summed E-state index contributed by atoms with van der Waals surface area (Å²) in [7, 11) is 0. The van der Waals surface area contributed by atoms with Crippen LogP contribution in [0.1, 0.15) is 47.0 Å². The highest BCUT2D eigenvalue weighted by Crippen LogP contribution is 2.33. The number of aliphatic carboxylic acids is 1. The number of carboxylic acid groups (broad SMARTS) is 1. The first-order valence-corrected chi connectivity index (χ1v) is 8.92. The largest absolute Gasteiger partial charge is 0.480 e. The fourth-order valence-electron chi connectivity index (χ4n) is 2.49. The number of rotatable bonds is 7. The van der Waals surface area contributed by atoms with Gasteiger partial charge < -0.3 is 10.0 Å². The second-order valence-corrected chi connectivity index (χ2v) is 6.88. The first-order valence-electron chi connectivity index (χ1n) is 7.87. The lowest BCUT2D eigenvalue weighted by molar-refractivity contribution is -0.141. The minimum atomic E-state index is -0.894. The highest BCUT2D eigenvalue weighted by molar-refractivity contribution is 8.00. The zero-order valence-corrected chi connectivity index (χ0v) is 14.4. The minimum absolute atomic E-state index is 0.00502. The lowest BCUT2D eigenvalue weighted by Crippen LogP contribution is -2.52. The molecule has 0 aliphatic carbocycles. The summed E-state index contributed by atoms with van der Waals surface area (Å²) in [5, 5.41) is 9.37. The molecule has 1 fully saturated rings. The van der Waals surface area contributed by atoms with Crippen LogP contribution in [0.3, 0.4) is 0 Å². The van der Waals surface area contributed by atoms with E-state index in [1.54, 1.807) is 21.6 Å². The Balaban J connectivity index is 2.88. The zero-order chi connectivity index (χ0) is 16.0. The Morgan fingerprint density at radius 1 is 1.38 bits per heavy atom. The van der Waals surface area contributed by atoms with Gasteiger partial charge in [-0.2, -0.15) is 0 Å². The molecule has 122 valence electrons. The van der Waals surface area contributed by atoms with E-state index in [1.807, 2.05) is 6.92 Å². The Hall–Kier alpha value is -0.910. The third-order valence-electron chi connectivity index (χ3n) is 4.02. The maximum Gasteiger partial charge on any atom is 0.327 e. The van der Waals surface area contributed by atoms with Crippen molar-refractivity contribution in [2.24, 2.45) is 5.92 Å². The van der Waals surface area contributed by atoms with Crippen molar-refractivity contribution in [3.8, 4) is 0 Å². The van der Waals surface area contributed by atoms with Crippen LogP contribution in [0.5, 0.6) is 0 Å². The maximum absolute atomic E-state index is 12.8. The number of carbonyl (C=O) groups is 2. The van der Waals surface area contributed by atoms with E-state index in [-0.39, 0.29) is 11.4 Å². The monoisotopic (exact) mass is 316 g/mol. The molecule has 0 aromatic heterocycles. The molecule has 3 unspecified atom stereocenters. The van der Waals surface area contributed by atoms with Gasteiger partial charge in [-0.1, -0.05) is 33.6 Å². The number of hydrogen-bond acceptors (Lipinski definition) is 3. The number of urea groups is 1. The molecule has 2 amide bonds. The minimum Gasteiger partial charge on any atom is -0.480 e. The van der Waals surface area contributed by atoms with E-state index in [1.165, 1.54) is 0 Å². The molecule has 1 heterocycles. The lowest BCUT2D eigenvalue weighted by atomic mass is 10.1. The van der Waals surface area contributed by atoms with Crippen LogP contribution in [0.15, 0.2) is 0 Å². The van der Waals surface area contributed by atoms with Crippen LogP contribution in [0, 0.1) is 5.92 Å². The van der Waals surface area contributed by atoms with Crippen molar-refractivity contribution in [1.29, 1.82) is 0 Å². The van der Waals surface area contributed by atoms with E-state index in [0.717, 1.165) is 19.3 Å². The van der Waals surface area contributed by atoms with Crippen LogP contribution in [0.2, 0.25) is 0 Å². The van der Waals surface area contributed by atoms with Gasteiger partial charge in [0.2, 0.25) is 0 Å². The van der Waals surface area contributed by atoms with Crippen LogP contribution >= 0.6 is 11.8 Å². The average molecular weight is 316 g/mol. The van der Waals surface area contributed by atoms with Crippen LogP contribution in [0.25, 0.3) is 0 Å². The van der Waals surface area contributed by atoms with Crippen molar-refractivity contribution in [2.75, 3.05) is 18.8 Å². The molecule has 5 nitrogen and oxygen atoms in total. The van der Waals surface area contributed by atoms with E-state index >= 15 is 0 Å². The molecule has 0 spiro atoms. The Morgan fingerprint density at radius 3 is 2.52 bits per heavy atom. The van der Waals surface area contributed by atoms with Crippen molar-refractivity contribution >= 4 is 23.8 Å². The van der Waals surface area contributed by atoms with E-state index in [2.05, 4.69) is 20.8 Å². The Morgan fingerprint density at radius 2 is 2.05 bits per heavy atom. The van der Waals surface area contributed by atoms with E-state index in [9.17, 15) is 14.7 Å². The summed E-state index contributed by atoms with van der Waals surface area (Å²) < 4.78 is 0. The molecule has 0 aromatic carbocycles. The Bertz CT molecular complexity index is 365.